The number of piperazine rings is 1. The molecule has 2 bridgehead atoms. The molecular formula is C23H28N4O6S. The Bertz CT molecular complexity index is 1100. The summed E-state index contributed by atoms with van der Waals surface area (Å²) in [4.78, 5) is 40.6. The number of fused-ring (bicyclic) bond motifs is 5. The van der Waals surface area contributed by atoms with Crippen molar-refractivity contribution in [2.75, 3.05) is 51.7 Å². The molecule has 0 radical (unpaired) electrons. The summed E-state index contributed by atoms with van der Waals surface area (Å²) in [6.07, 6.45) is 4.46. The lowest BCUT2D eigenvalue weighted by Gasteiger charge is -2.34. The van der Waals surface area contributed by atoms with Gasteiger partial charge in [-0.15, -0.1) is 0 Å². The topological polar surface area (TPSA) is 116 Å². The van der Waals surface area contributed by atoms with Gasteiger partial charge in [0.2, 0.25) is 21.8 Å². The van der Waals surface area contributed by atoms with Crippen molar-refractivity contribution in [2.45, 2.75) is 11.3 Å². The van der Waals surface area contributed by atoms with Crippen LogP contribution in [-0.4, -0.2) is 86.8 Å². The summed E-state index contributed by atoms with van der Waals surface area (Å²) in [5, 5.41) is 2.49. The van der Waals surface area contributed by atoms with Gasteiger partial charge in [0.1, 0.15) is 0 Å². The summed E-state index contributed by atoms with van der Waals surface area (Å²) in [7, 11) is -2.41. The summed E-state index contributed by atoms with van der Waals surface area (Å²) in [5.74, 6) is -0.0418. The van der Waals surface area contributed by atoms with E-state index in [2.05, 4.69) is 27.1 Å². The Balaban J connectivity index is 1.13. The zero-order valence-electron chi connectivity index (χ0n) is 18.9. The van der Waals surface area contributed by atoms with Crippen LogP contribution in [0.15, 0.2) is 41.3 Å². The number of nitrogens with zero attached hydrogens (tertiary/aromatic N) is 3. The molecule has 11 heteroatoms. The van der Waals surface area contributed by atoms with E-state index in [0.29, 0.717) is 45.0 Å². The number of allylic oxidation sites excluding steroid dienone is 2. The lowest BCUT2D eigenvalue weighted by Crippen LogP contribution is -2.50. The molecule has 1 aromatic carbocycles. The smallest absolute Gasteiger partial charge is 0.411 e. The van der Waals surface area contributed by atoms with Crippen LogP contribution in [0.1, 0.15) is 6.42 Å². The van der Waals surface area contributed by atoms with Crippen molar-refractivity contribution in [1.29, 1.82) is 0 Å². The molecule has 1 aromatic rings. The largest absolute Gasteiger partial charge is 0.453 e. The highest BCUT2D eigenvalue weighted by molar-refractivity contribution is 7.89. The number of benzene rings is 1. The Labute approximate surface area is 198 Å². The molecule has 4 atom stereocenters. The van der Waals surface area contributed by atoms with Gasteiger partial charge in [-0.2, -0.15) is 4.31 Å². The number of likely N-dealkylation sites (tertiary alicyclic amines) is 1. The van der Waals surface area contributed by atoms with Gasteiger partial charge in [0.15, 0.2) is 0 Å². The first kappa shape index (κ1) is 23.0. The van der Waals surface area contributed by atoms with Crippen molar-refractivity contribution in [3.05, 3.63) is 36.4 Å². The van der Waals surface area contributed by atoms with Crippen LogP contribution in [0.3, 0.4) is 0 Å². The number of hydrogen-bond acceptors (Lipinski definition) is 7. The maximum atomic E-state index is 13.0. The third-order valence-corrected chi connectivity index (χ3v) is 9.37. The van der Waals surface area contributed by atoms with Gasteiger partial charge in [-0.3, -0.25) is 24.7 Å². The van der Waals surface area contributed by atoms with Crippen LogP contribution in [0, 0.1) is 23.7 Å². The summed E-state index contributed by atoms with van der Waals surface area (Å²) in [6.45, 7) is 2.60. The van der Waals surface area contributed by atoms with Crippen LogP contribution in [0.4, 0.5) is 10.5 Å². The summed E-state index contributed by atoms with van der Waals surface area (Å²) < 4.78 is 32.0. The van der Waals surface area contributed by atoms with Crippen molar-refractivity contribution in [2.24, 2.45) is 23.7 Å². The van der Waals surface area contributed by atoms with E-state index < -0.39 is 16.1 Å². The van der Waals surface area contributed by atoms with E-state index >= 15 is 0 Å². The Morgan fingerprint density at radius 2 is 1.56 bits per heavy atom. The standard InChI is InChI=1S/C23H28N4O6S/c1-33-23(30)24-17-4-6-18(7-5-17)34(31,32)26-11-8-25(9-12-26)10-13-27-21(28)19-15-2-3-16(14-15)20(19)22(27)29/h2-7,15-16,19-20H,8-14H2,1H3,(H,24,30)/t15-,16+,19+,20-. The summed E-state index contributed by atoms with van der Waals surface area (Å²) in [5.41, 5.74) is 0.439. The van der Waals surface area contributed by atoms with Gasteiger partial charge in [-0.25, -0.2) is 13.2 Å². The number of hydrogen-bond donors (Lipinski definition) is 1. The van der Waals surface area contributed by atoms with Crippen LogP contribution in [-0.2, 0) is 24.3 Å². The Kier molecular flexibility index (Phi) is 5.95. The van der Waals surface area contributed by atoms with E-state index in [1.165, 1.54) is 40.6 Å². The zero-order valence-corrected chi connectivity index (χ0v) is 19.7. The predicted octanol–water partition coefficient (Wildman–Crippen LogP) is 0.978. The number of sulfonamides is 1. The van der Waals surface area contributed by atoms with Gasteiger partial charge in [-0.1, -0.05) is 12.2 Å². The van der Waals surface area contributed by atoms with Crippen molar-refractivity contribution in [3.63, 3.8) is 0 Å². The monoisotopic (exact) mass is 488 g/mol. The molecule has 1 saturated carbocycles. The number of amides is 3. The van der Waals surface area contributed by atoms with Gasteiger partial charge >= 0.3 is 6.09 Å². The van der Waals surface area contributed by atoms with E-state index in [-0.39, 0.29) is 40.4 Å². The van der Waals surface area contributed by atoms with Crippen molar-refractivity contribution >= 4 is 33.6 Å². The van der Waals surface area contributed by atoms with Crippen LogP contribution in [0.2, 0.25) is 0 Å². The molecule has 34 heavy (non-hydrogen) atoms. The second-order valence-electron chi connectivity index (χ2n) is 9.21. The molecule has 3 fully saturated rings. The summed E-state index contributed by atoms with van der Waals surface area (Å²) in [6, 6.07) is 5.94. The highest BCUT2D eigenvalue weighted by Crippen LogP contribution is 2.52. The molecule has 2 heterocycles. The lowest BCUT2D eigenvalue weighted by molar-refractivity contribution is -0.141. The fourth-order valence-electron chi connectivity index (χ4n) is 5.65. The number of carbonyl (C=O) groups excluding carboxylic acids is 3. The maximum Gasteiger partial charge on any atom is 0.411 e. The number of ether oxygens (including phenoxy) is 1. The first-order valence-electron chi connectivity index (χ1n) is 11.5. The van der Waals surface area contributed by atoms with Gasteiger partial charge in [0, 0.05) is 45.0 Å². The Morgan fingerprint density at radius 3 is 2.12 bits per heavy atom. The third kappa shape index (κ3) is 3.91. The first-order valence-corrected chi connectivity index (χ1v) is 12.9. The van der Waals surface area contributed by atoms with E-state index in [0.717, 1.165) is 6.42 Å². The zero-order chi connectivity index (χ0) is 24.0. The second-order valence-corrected chi connectivity index (χ2v) is 11.2. The number of rotatable bonds is 6. The summed E-state index contributed by atoms with van der Waals surface area (Å²) >= 11 is 0. The SMILES string of the molecule is COC(=O)Nc1ccc(S(=O)(=O)N2CCN(CCN3C(=O)[C@@H]4[C@H](C3=O)[C@H]3C=C[C@@H]4C3)CC2)cc1. The molecule has 5 rings (SSSR count). The van der Waals surface area contributed by atoms with Crippen molar-refractivity contribution in [3.8, 4) is 0 Å². The highest BCUT2D eigenvalue weighted by Gasteiger charge is 2.59. The maximum absolute atomic E-state index is 13.0. The molecule has 0 spiro atoms. The van der Waals surface area contributed by atoms with Gasteiger partial charge in [-0.05, 0) is 42.5 Å². The minimum atomic E-state index is -3.66. The van der Waals surface area contributed by atoms with Gasteiger partial charge in [0.05, 0.1) is 23.8 Å². The molecule has 10 nitrogen and oxygen atoms in total. The third-order valence-electron chi connectivity index (χ3n) is 7.46. The van der Waals surface area contributed by atoms with Crippen LogP contribution < -0.4 is 5.32 Å². The molecule has 2 aliphatic heterocycles. The lowest BCUT2D eigenvalue weighted by atomic mass is 9.85. The van der Waals surface area contributed by atoms with Crippen LogP contribution >= 0.6 is 0 Å². The molecule has 0 unspecified atom stereocenters. The molecular weight excluding hydrogens is 460 g/mol. The fourth-order valence-corrected chi connectivity index (χ4v) is 7.07. The number of anilines is 1. The molecule has 2 aliphatic carbocycles. The predicted molar refractivity (Wildman–Crippen MR) is 122 cm³/mol. The van der Waals surface area contributed by atoms with E-state index in [9.17, 15) is 22.8 Å². The van der Waals surface area contributed by atoms with Crippen LogP contribution in [0.25, 0.3) is 0 Å². The molecule has 0 aromatic heterocycles. The van der Waals surface area contributed by atoms with Gasteiger partial charge in [0.25, 0.3) is 0 Å². The average molecular weight is 489 g/mol. The van der Waals surface area contributed by atoms with Crippen LogP contribution in [0.5, 0.6) is 0 Å². The molecule has 4 aliphatic rings. The number of methoxy groups -OCH3 is 1. The Morgan fingerprint density at radius 1 is 0.971 bits per heavy atom. The quantitative estimate of drug-likeness (QED) is 0.469. The fraction of sp³-hybridized carbons (Fsp3) is 0.522. The van der Waals surface area contributed by atoms with E-state index in [1.54, 1.807) is 0 Å². The molecule has 2 saturated heterocycles. The minimum absolute atomic E-state index is 0.0433. The number of carbonyl (C=O) groups is 3. The molecule has 182 valence electrons. The van der Waals surface area contributed by atoms with E-state index in [1.807, 2.05) is 0 Å². The molecule has 3 amide bonds. The minimum Gasteiger partial charge on any atom is -0.453 e. The van der Waals surface area contributed by atoms with Crippen molar-refractivity contribution < 1.29 is 27.5 Å². The second kappa shape index (κ2) is 8.79. The van der Waals surface area contributed by atoms with Crippen molar-refractivity contribution in [1.82, 2.24) is 14.1 Å². The Hall–Kier alpha value is -2.76. The van der Waals surface area contributed by atoms with E-state index in [4.69, 9.17) is 0 Å². The number of nitrogens with one attached hydrogen (secondary N) is 1. The normalized spacial score (nSPS) is 29.0. The highest BCUT2D eigenvalue weighted by atomic mass is 32.2. The van der Waals surface area contributed by atoms with Gasteiger partial charge < -0.3 is 4.74 Å². The first-order chi connectivity index (χ1) is 16.3. The average Bonchev–Trinajstić information content (AvgIpc) is 3.52. The molecule has 1 N–H and O–H groups in total. The number of imide groups is 1.